The minimum atomic E-state index is -0.260. The van der Waals surface area contributed by atoms with Crippen LogP contribution in [0.4, 0.5) is 5.13 Å². The number of aromatic nitrogens is 1. The third-order valence-electron chi connectivity index (χ3n) is 3.81. The fourth-order valence-corrected chi connectivity index (χ4v) is 4.66. The van der Waals surface area contributed by atoms with Crippen LogP contribution in [0.15, 0.2) is 48.5 Å². The Morgan fingerprint density at radius 2 is 2.00 bits per heavy atom. The zero-order chi connectivity index (χ0) is 17.2. The minimum absolute atomic E-state index is 0.260. The van der Waals surface area contributed by atoms with Crippen LogP contribution in [0.3, 0.4) is 0 Å². The maximum absolute atomic E-state index is 12.0. The molecular formula is C19H16N2O2S2. The molecule has 0 fully saturated rings. The maximum Gasteiger partial charge on any atom is 0.348 e. The number of nitrogens with zero attached hydrogens (tertiary/aromatic N) is 1. The fourth-order valence-electron chi connectivity index (χ4n) is 2.65. The van der Waals surface area contributed by atoms with E-state index < -0.39 is 0 Å². The van der Waals surface area contributed by atoms with Gasteiger partial charge in [-0.05, 0) is 30.7 Å². The molecule has 126 valence electrons. The van der Waals surface area contributed by atoms with Gasteiger partial charge in [-0.15, -0.1) is 11.3 Å². The maximum atomic E-state index is 12.0. The molecule has 2 aromatic heterocycles. The van der Waals surface area contributed by atoms with Crippen molar-refractivity contribution in [3.8, 4) is 0 Å². The number of nitrogens with one attached hydrogen (secondary N) is 1. The quantitative estimate of drug-likeness (QED) is 0.486. The molecule has 0 spiro atoms. The van der Waals surface area contributed by atoms with E-state index in [9.17, 15) is 4.79 Å². The highest BCUT2D eigenvalue weighted by molar-refractivity contribution is 7.25. The summed E-state index contributed by atoms with van der Waals surface area (Å²) < 4.78 is 7.28. The van der Waals surface area contributed by atoms with Crippen molar-refractivity contribution in [2.45, 2.75) is 13.5 Å². The first kappa shape index (κ1) is 16.1. The second-order valence-corrected chi connectivity index (χ2v) is 7.60. The first-order chi connectivity index (χ1) is 12.2. The molecule has 0 aliphatic heterocycles. The van der Waals surface area contributed by atoms with Gasteiger partial charge >= 0.3 is 5.97 Å². The monoisotopic (exact) mass is 368 g/mol. The second kappa shape index (κ2) is 6.82. The van der Waals surface area contributed by atoms with Crippen LogP contribution in [0, 0.1) is 0 Å². The van der Waals surface area contributed by atoms with Gasteiger partial charge < -0.3 is 10.1 Å². The molecular weight excluding hydrogens is 352 g/mol. The zero-order valence-corrected chi connectivity index (χ0v) is 15.2. The molecule has 2 aromatic carbocycles. The lowest BCUT2D eigenvalue weighted by Gasteiger charge is -2.01. The molecule has 25 heavy (non-hydrogen) atoms. The molecule has 6 heteroatoms. The number of carbonyl (C=O) groups excluding carboxylic acids is 1. The van der Waals surface area contributed by atoms with Crippen molar-refractivity contribution in [3.05, 3.63) is 59.0 Å². The fraction of sp³-hybridized carbons (Fsp3) is 0.158. The number of rotatable bonds is 5. The highest BCUT2D eigenvalue weighted by Crippen LogP contribution is 2.37. The number of thiazole rings is 1. The van der Waals surface area contributed by atoms with E-state index in [-0.39, 0.29) is 5.97 Å². The van der Waals surface area contributed by atoms with Gasteiger partial charge in [-0.2, -0.15) is 0 Å². The van der Waals surface area contributed by atoms with Gasteiger partial charge in [-0.3, -0.25) is 0 Å². The van der Waals surface area contributed by atoms with Crippen LogP contribution in [0.1, 0.15) is 22.2 Å². The third-order valence-corrected chi connectivity index (χ3v) is 5.96. The molecule has 0 aliphatic rings. The first-order valence-corrected chi connectivity index (χ1v) is 9.66. The minimum Gasteiger partial charge on any atom is -0.462 e. The Bertz CT molecular complexity index is 1040. The Labute approximate surface area is 153 Å². The van der Waals surface area contributed by atoms with Crippen LogP contribution in [0.25, 0.3) is 20.3 Å². The summed E-state index contributed by atoms with van der Waals surface area (Å²) in [4.78, 5) is 17.3. The number of thiophene rings is 1. The lowest BCUT2D eigenvalue weighted by Crippen LogP contribution is -2.01. The number of benzene rings is 2. The first-order valence-electron chi connectivity index (χ1n) is 8.02. The van der Waals surface area contributed by atoms with Crippen molar-refractivity contribution in [2.24, 2.45) is 0 Å². The molecule has 2 heterocycles. The Hall–Kier alpha value is -2.44. The molecule has 4 aromatic rings. The van der Waals surface area contributed by atoms with Gasteiger partial charge in [0.2, 0.25) is 0 Å². The van der Waals surface area contributed by atoms with Gasteiger partial charge in [0.15, 0.2) is 5.13 Å². The topological polar surface area (TPSA) is 51.2 Å². The SMILES string of the molecule is CCOC(=O)c1cc2c(ccc3nc(NCc4ccccc4)sc32)s1. The summed E-state index contributed by atoms with van der Waals surface area (Å²) in [5.74, 6) is -0.260. The summed E-state index contributed by atoms with van der Waals surface area (Å²) in [6, 6.07) is 16.2. The molecule has 0 amide bonds. The Balaban J connectivity index is 1.65. The Morgan fingerprint density at radius 1 is 1.16 bits per heavy atom. The third kappa shape index (κ3) is 3.23. The van der Waals surface area contributed by atoms with Crippen molar-refractivity contribution in [3.63, 3.8) is 0 Å². The van der Waals surface area contributed by atoms with E-state index in [0.29, 0.717) is 11.5 Å². The number of esters is 1. The van der Waals surface area contributed by atoms with E-state index in [1.807, 2.05) is 43.3 Å². The predicted molar refractivity (Wildman–Crippen MR) is 105 cm³/mol. The summed E-state index contributed by atoms with van der Waals surface area (Å²) >= 11 is 3.08. The van der Waals surface area contributed by atoms with Crippen LogP contribution in [0.2, 0.25) is 0 Å². The summed E-state index contributed by atoms with van der Waals surface area (Å²) in [5, 5.41) is 5.33. The Kier molecular flexibility index (Phi) is 4.38. The van der Waals surface area contributed by atoms with Crippen molar-refractivity contribution in [1.29, 1.82) is 0 Å². The lowest BCUT2D eigenvalue weighted by molar-refractivity contribution is 0.0532. The number of carbonyl (C=O) groups is 1. The number of fused-ring (bicyclic) bond motifs is 3. The average molecular weight is 368 g/mol. The van der Waals surface area contributed by atoms with E-state index in [1.54, 1.807) is 11.3 Å². The van der Waals surface area contributed by atoms with E-state index >= 15 is 0 Å². The molecule has 0 aliphatic carbocycles. The average Bonchev–Trinajstić information content (AvgIpc) is 3.24. The van der Waals surface area contributed by atoms with Crippen LogP contribution < -0.4 is 5.32 Å². The molecule has 0 atom stereocenters. The van der Waals surface area contributed by atoms with Crippen molar-refractivity contribution in [2.75, 3.05) is 11.9 Å². The van der Waals surface area contributed by atoms with Crippen molar-refractivity contribution < 1.29 is 9.53 Å². The molecule has 0 unspecified atom stereocenters. The van der Waals surface area contributed by atoms with E-state index in [4.69, 9.17) is 4.74 Å². The molecule has 4 nitrogen and oxygen atoms in total. The summed E-state index contributed by atoms with van der Waals surface area (Å²) in [7, 11) is 0. The van der Waals surface area contributed by atoms with E-state index in [0.717, 1.165) is 32.0 Å². The summed E-state index contributed by atoms with van der Waals surface area (Å²) in [5.41, 5.74) is 2.16. The van der Waals surface area contributed by atoms with E-state index in [2.05, 4.69) is 22.4 Å². The number of hydrogen-bond donors (Lipinski definition) is 1. The van der Waals surface area contributed by atoms with Gasteiger partial charge in [0.05, 0.1) is 16.8 Å². The van der Waals surface area contributed by atoms with Gasteiger partial charge in [-0.1, -0.05) is 41.7 Å². The molecule has 4 rings (SSSR count). The molecule has 0 bridgehead atoms. The standard InChI is InChI=1S/C19H16N2O2S2/c1-2-23-18(22)16-10-13-15(24-16)9-8-14-17(13)25-19(21-14)20-11-12-6-4-3-5-7-12/h3-10H,2,11H2,1H3,(H,20,21). The Morgan fingerprint density at radius 3 is 2.80 bits per heavy atom. The smallest absolute Gasteiger partial charge is 0.348 e. The van der Waals surface area contributed by atoms with Crippen LogP contribution >= 0.6 is 22.7 Å². The number of hydrogen-bond acceptors (Lipinski definition) is 6. The van der Waals surface area contributed by atoms with Gasteiger partial charge in [0.1, 0.15) is 4.88 Å². The van der Waals surface area contributed by atoms with Crippen molar-refractivity contribution >= 4 is 54.1 Å². The molecule has 0 radical (unpaired) electrons. The second-order valence-electron chi connectivity index (χ2n) is 5.51. The highest BCUT2D eigenvalue weighted by Gasteiger charge is 2.15. The van der Waals surface area contributed by atoms with Gasteiger partial charge in [0, 0.05) is 16.6 Å². The number of ether oxygens (including phenoxy) is 1. The van der Waals surface area contributed by atoms with Crippen LogP contribution in [0.5, 0.6) is 0 Å². The largest absolute Gasteiger partial charge is 0.462 e. The molecule has 0 saturated heterocycles. The highest BCUT2D eigenvalue weighted by atomic mass is 32.1. The molecule has 0 saturated carbocycles. The van der Waals surface area contributed by atoms with Crippen molar-refractivity contribution in [1.82, 2.24) is 4.98 Å². The van der Waals surface area contributed by atoms with Gasteiger partial charge in [0.25, 0.3) is 0 Å². The van der Waals surface area contributed by atoms with Crippen LogP contribution in [-0.4, -0.2) is 17.6 Å². The molecule has 1 N–H and O–H groups in total. The zero-order valence-electron chi connectivity index (χ0n) is 13.6. The number of anilines is 1. The normalized spacial score (nSPS) is 11.1. The predicted octanol–water partition coefficient (Wildman–Crippen LogP) is 5.30. The summed E-state index contributed by atoms with van der Waals surface area (Å²) in [6.07, 6.45) is 0. The van der Waals surface area contributed by atoms with Gasteiger partial charge in [-0.25, -0.2) is 9.78 Å². The van der Waals surface area contributed by atoms with Crippen LogP contribution in [-0.2, 0) is 11.3 Å². The van der Waals surface area contributed by atoms with E-state index in [1.165, 1.54) is 16.9 Å². The lowest BCUT2D eigenvalue weighted by atomic mass is 10.2. The summed E-state index contributed by atoms with van der Waals surface area (Å²) in [6.45, 7) is 2.94.